The van der Waals surface area contributed by atoms with Crippen LogP contribution in [0, 0.1) is 0 Å². The lowest BCUT2D eigenvalue weighted by Gasteiger charge is -2.31. The van der Waals surface area contributed by atoms with Gasteiger partial charge in [0.25, 0.3) is 0 Å². The number of carbonyl (C=O) groups excluding carboxylic acids is 1. The van der Waals surface area contributed by atoms with Crippen molar-refractivity contribution in [1.29, 1.82) is 0 Å². The van der Waals surface area contributed by atoms with Crippen LogP contribution in [0.4, 0.5) is 5.69 Å². The molecule has 6 heteroatoms. The third-order valence-corrected chi connectivity index (χ3v) is 6.02. The van der Waals surface area contributed by atoms with Gasteiger partial charge in [0.1, 0.15) is 4.75 Å². The van der Waals surface area contributed by atoms with Crippen molar-refractivity contribution < 1.29 is 13.2 Å². The fourth-order valence-corrected chi connectivity index (χ4v) is 2.58. The monoisotopic (exact) mass is 310 g/mol. The molecule has 0 bridgehead atoms. The lowest BCUT2D eigenvalue weighted by molar-refractivity contribution is -0.134. The minimum Gasteiger partial charge on any atom is -0.399 e. The van der Waals surface area contributed by atoms with Crippen LogP contribution < -0.4 is 5.73 Å². The molecule has 0 heterocycles. The van der Waals surface area contributed by atoms with Crippen LogP contribution in [0.1, 0.15) is 32.3 Å². The number of rotatable bonds is 5. The van der Waals surface area contributed by atoms with E-state index in [1.807, 2.05) is 18.2 Å². The highest BCUT2D eigenvalue weighted by atomic mass is 32.2. The smallest absolute Gasteiger partial charge is 0.243 e. The SMILES string of the molecule is CC(C)(C(=O)N(Cc1cccc(N)c1)C1CC1)S(C)(=O)=O. The zero-order chi connectivity index (χ0) is 15.8. The van der Waals surface area contributed by atoms with E-state index < -0.39 is 14.6 Å². The van der Waals surface area contributed by atoms with Crippen LogP contribution in [0.3, 0.4) is 0 Å². The van der Waals surface area contributed by atoms with Crippen LogP contribution in [0.25, 0.3) is 0 Å². The molecule has 1 aliphatic rings. The molecular formula is C15H22N2O3S. The van der Waals surface area contributed by atoms with Crippen molar-refractivity contribution in [1.82, 2.24) is 4.90 Å². The van der Waals surface area contributed by atoms with Crippen molar-refractivity contribution in [3.05, 3.63) is 29.8 Å². The first-order valence-electron chi connectivity index (χ1n) is 6.98. The normalized spacial score (nSPS) is 15.8. The summed E-state index contributed by atoms with van der Waals surface area (Å²) in [6.45, 7) is 3.34. The van der Waals surface area contributed by atoms with Crippen molar-refractivity contribution in [2.75, 3.05) is 12.0 Å². The Balaban J connectivity index is 2.26. The van der Waals surface area contributed by atoms with Crippen LogP contribution in [0.2, 0.25) is 0 Å². The second kappa shape index (κ2) is 5.33. The highest BCUT2D eigenvalue weighted by molar-refractivity contribution is 7.92. The van der Waals surface area contributed by atoms with Gasteiger partial charge in [-0.2, -0.15) is 0 Å². The van der Waals surface area contributed by atoms with Crippen molar-refractivity contribution in [2.45, 2.75) is 44.0 Å². The Kier molecular flexibility index (Phi) is 4.02. The Morgan fingerprint density at radius 2 is 2.00 bits per heavy atom. The second-order valence-corrected chi connectivity index (χ2v) is 8.76. The standard InChI is InChI=1S/C15H22N2O3S/c1-15(2,21(3,19)20)14(18)17(13-7-8-13)10-11-5-4-6-12(16)9-11/h4-6,9,13H,7-8,10,16H2,1-3H3. The Bertz CT molecular complexity index is 649. The molecular weight excluding hydrogens is 288 g/mol. The Morgan fingerprint density at radius 3 is 2.48 bits per heavy atom. The number of carbonyl (C=O) groups is 1. The average molecular weight is 310 g/mol. The molecule has 0 radical (unpaired) electrons. The summed E-state index contributed by atoms with van der Waals surface area (Å²) in [4.78, 5) is 14.4. The molecule has 2 N–H and O–H groups in total. The summed E-state index contributed by atoms with van der Waals surface area (Å²) >= 11 is 0. The molecule has 0 saturated heterocycles. The van der Waals surface area contributed by atoms with Gasteiger partial charge in [-0.05, 0) is 44.4 Å². The van der Waals surface area contributed by atoms with Crippen molar-refractivity contribution in [2.24, 2.45) is 0 Å². The van der Waals surface area contributed by atoms with Crippen LogP contribution in [0.5, 0.6) is 0 Å². The van der Waals surface area contributed by atoms with Crippen LogP contribution in [0.15, 0.2) is 24.3 Å². The maximum absolute atomic E-state index is 12.7. The summed E-state index contributed by atoms with van der Waals surface area (Å²) in [5, 5.41) is 0. The number of amides is 1. The number of nitrogen functional groups attached to an aromatic ring is 1. The van der Waals surface area contributed by atoms with Crippen LogP contribution >= 0.6 is 0 Å². The van der Waals surface area contributed by atoms with Crippen LogP contribution in [-0.4, -0.2) is 36.3 Å². The molecule has 1 amide bonds. The second-order valence-electron chi connectivity index (χ2n) is 6.19. The van der Waals surface area contributed by atoms with Crippen molar-refractivity contribution in [3.8, 4) is 0 Å². The third-order valence-electron chi connectivity index (χ3n) is 3.99. The van der Waals surface area contributed by atoms with Gasteiger partial charge >= 0.3 is 0 Å². The minimum atomic E-state index is -3.47. The van der Waals surface area contributed by atoms with E-state index in [0.29, 0.717) is 12.2 Å². The number of sulfone groups is 1. The molecule has 1 aliphatic carbocycles. The van der Waals surface area contributed by atoms with E-state index >= 15 is 0 Å². The van der Waals surface area contributed by atoms with Gasteiger partial charge in [0.15, 0.2) is 9.84 Å². The molecule has 0 unspecified atom stereocenters. The first-order chi connectivity index (χ1) is 9.63. The summed E-state index contributed by atoms with van der Waals surface area (Å²) in [6.07, 6.45) is 2.96. The molecule has 116 valence electrons. The Morgan fingerprint density at radius 1 is 1.38 bits per heavy atom. The van der Waals surface area contributed by atoms with E-state index in [4.69, 9.17) is 5.73 Å². The van der Waals surface area contributed by atoms with Gasteiger partial charge in [-0.1, -0.05) is 12.1 Å². The minimum absolute atomic E-state index is 0.139. The highest BCUT2D eigenvalue weighted by Crippen LogP contribution is 2.32. The average Bonchev–Trinajstić information content (AvgIpc) is 3.18. The molecule has 1 fully saturated rings. The maximum atomic E-state index is 12.7. The molecule has 2 rings (SSSR count). The molecule has 0 aromatic heterocycles. The summed E-state index contributed by atoms with van der Waals surface area (Å²) in [5.74, 6) is -0.338. The van der Waals surface area contributed by atoms with Gasteiger partial charge in [-0.3, -0.25) is 4.79 Å². The molecule has 0 atom stereocenters. The van der Waals surface area contributed by atoms with Crippen molar-refractivity contribution >= 4 is 21.4 Å². The summed E-state index contributed by atoms with van der Waals surface area (Å²) < 4.78 is 22.4. The Labute approximate surface area is 126 Å². The number of nitrogens with zero attached hydrogens (tertiary/aromatic N) is 1. The topological polar surface area (TPSA) is 80.5 Å². The fraction of sp³-hybridized carbons (Fsp3) is 0.533. The number of hydrogen-bond acceptors (Lipinski definition) is 4. The number of hydrogen-bond donors (Lipinski definition) is 1. The van der Waals surface area contributed by atoms with E-state index in [2.05, 4.69) is 0 Å². The highest BCUT2D eigenvalue weighted by Gasteiger charge is 2.45. The van der Waals surface area contributed by atoms with Crippen molar-refractivity contribution in [3.63, 3.8) is 0 Å². The van der Waals surface area contributed by atoms with Gasteiger partial charge in [0.2, 0.25) is 5.91 Å². The predicted octanol–water partition coefficient (Wildman–Crippen LogP) is 1.58. The molecule has 0 aliphatic heterocycles. The quantitative estimate of drug-likeness (QED) is 0.837. The molecule has 1 saturated carbocycles. The number of nitrogens with two attached hydrogens (primary N) is 1. The molecule has 21 heavy (non-hydrogen) atoms. The zero-order valence-electron chi connectivity index (χ0n) is 12.7. The number of benzene rings is 1. The van der Waals surface area contributed by atoms with Gasteiger partial charge in [-0.15, -0.1) is 0 Å². The van der Waals surface area contributed by atoms with Gasteiger partial charge in [0.05, 0.1) is 0 Å². The fourth-order valence-electron chi connectivity index (χ4n) is 2.15. The lowest BCUT2D eigenvalue weighted by Crippen LogP contribution is -2.50. The van der Waals surface area contributed by atoms with E-state index in [-0.39, 0.29) is 11.9 Å². The summed E-state index contributed by atoms with van der Waals surface area (Å²) in [6, 6.07) is 7.47. The summed E-state index contributed by atoms with van der Waals surface area (Å²) in [5.41, 5.74) is 7.31. The molecule has 1 aromatic carbocycles. The molecule has 5 nitrogen and oxygen atoms in total. The lowest BCUT2D eigenvalue weighted by atomic mass is 10.1. The third kappa shape index (κ3) is 3.37. The molecule has 0 spiro atoms. The van der Waals surface area contributed by atoms with E-state index in [1.165, 1.54) is 13.8 Å². The van der Waals surface area contributed by atoms with Crippen LogP contribution in [-0.2, 0) is 21.2 Å². The largest absolute Gasteiger partial charge is 0.399 e. The predicted molar refractivity (Wildman–Crippen MR) is 83.3 cm³/mol. The summed E-state index contributed by atoms with van der Waals surface area (Å²) in [7, 11) is -3.47. The van der Waals surface area contributed by atoms with E-state index in [1.54, 1.807) is 11.0 Å². The first kappa shape index (κ1) is 15.8. The van der Waals surface area contributed by atoms with Gasteiger partial charge in [-0.25, -0.2) is 8.42 Å². The Hall–Kier alpha value is -1.56. The van der Waals surface area contributed by atoms with E-state index in [9.17, 15) is 13.2 Å². The zero-order valence-corrected chi connectivity index (χ0v) is 13.5. The molecule has 1 aromatic rings. The van der Waals surface area contributed by atoms with Gasteiger partial charge < -0.3 is 10.6 Å². The maximum Gasteiger partial charge on any atom is 0.243 e. The van der Waals surface area contributed by atoms with E-state index in [0.717, 1.165) is 24.7 Å². The number of anilines is 1. The van der Waals surface area contributed by atoms with Gasteiger partial charge in [0, 0.05) is 24.5 Å². The first-order valence-corrected chi connectivity index (χ1v) is 8.87.